The predicted molar refractivity (Wildman–Crippen MR) is 75.3 cm³/mol. The summed E-state index contributed by atoms with van der Waals surface area (Å²) < 4.78 is 16.0. The lowest BCUT2D eigenvalue weighted by molar-refractivity contribution is -0.138. The molecule has 2 heterocycles. The number of nitrogens with zero attached hydrogens (tertiary/aromatic N) is 3. The Kier molecular flexibility index (Phi) is 5.74. The fraction of sp³-hybridized carbons (Fsp3) is 0.643. The first-order valence-electron chi connectivity index (χ1n) is 7.11. The number of methoxy groups -OCH3 is 1. The number of hydrogen-bond donors (Lipinski definition) is 0. The van der Waals surface area contributed by atoms with Crippen LogP contribution in [0.15, 0.2) is 12.4 Å². The minimum atomic E-state index is -0.0780. The fourth-order valence-electron chi connectivity index (χ4n) is 2.20. The van der Waals surface area contributed by atoms with Crippen LogP contribution in [0.5, 0.6) is 11.8 Å². The normalized spacial score (nSPS) is 18.4. The average molecular weight is 295 g/mol. The topological polar surface area (TPSA) is 73.8 Å². The zero-order valence-electron chi connectivity index (χ0n) is 12.4. The van der Waals surface area contributed by atoms with E-state index in [-0.39, 0.29) is 18.6 Å². The molecular weight excluding hydrogens is 274 g/mol. The minimum Gasteiger partial charge on any atom is -0.480 e. The highest BCUT2D eigenvalue weighted by molar-refractivity contribution is 5.77. The van der Waals surface area contributed by atoms with Crippen molar-refractivity contribution < 1.29 is 19.0 Å². The van der Waals surface area contributed by atoms with Crippen LogP contribution in [-0.4, -0.2) is 60.3 Å². The number of hydrogen-bond acceptors (Lipinski definition) is 6. The van der Waals surface area contributed by atoms with Crippen LogP contribution in [0.25, 0.3) is 0 Å². The lowest BCUT2D eigenvalue weighted by atomic mass is 10.1. The van der Waals surface area contributed by atoms with Crippen LogP contribution >= 0.6 is 0 Å². The second kappa shape index (κ2) is 7.78. The van der Waals surface area contributed by atoms with Gasteiger partial charge in [-0.15, -0.1) is 0 Å². The first-order valence-corrected chi connectivity index (χ1v) is 7.11. The summed E-state index contributed by atoms with van der Waals surface area (Å²) in [6.45, 7) is 3.83. The van der Waals surface area contributed by atoms with E-state index in [4.69, 9.17) is 14.2 Å². The molecule has 0 saturated carbocycles. The molecule has 1 aromatic rings. The second-order valence-electron chi connectivity index (χ2n) is 4.76. The van der Waals surface area contributed by atoms with E-state index in [0.29, 0.717) is 24.9 Å². The van der Waals surface area contributed by atoms with E-state index in [1.54, 1.807) is 11.1 Å². The van der Waals surface area contributed by atoms with Crippen molar-refractivity contribution in [3.8, 4) is 11.8 Å². The molecule has 7 nitrogen and oxygen atoms in total. The predicted octanol–water partition coefficient (Wildman–Crippen LogP) is 0.892. The van der Waals surface area contributed by atoms with E-state index in [2.05, 4.69) is 9.97 Å². The second-order valence-corrected chi connectivity index (χ2v) is 4.76. The van der Waals surface area contributed by atoms with Gasteiger partial charge in [-0.25, -0.2) is 0 Å². The summed E-state index contributed by atoms with van der Waals surface area (Å²) in [7, 11) is 1.53. The van der Waals surface area contributed by atoms with Gasteiger partial charge in [0.25, 0.3) is 0 Å². The molecule has 0 aromatic carbocycles. The molecule has 21 heavy (non-hydrogen) atoms. The Morgan fingerprint density at radius 1 is 1.43 bits per heavy atom. The van der Waals surface area contributed by atoms with Crippen LogP contribution < -0.4 is 9.47 Å². The number of carbonyl (C=O) groups is 1. The highest BCUT2D eigenvalue weighted by Gasteiger charge is 2.25. The Morgan fingerprint density at radius 2 is 2.24 bits per heavy atom. The van der Waals surface area contributed by atoms with Crippen molar-refractivity contribution in [3.05, 3.63) is 12.4 Å². The van der Waals surface area contributed by atoms with Gasteiger partial charge in [0, 0.05) is 13.2 Å². The van der Waals surface area contributed by atoms with Crippen LogP contribution in [0.2, 0.25) is 0 Å². The molecule has 1 unspecified atom stereocenters. The smallest absolute Gasteiger partial charge is 0.248 e. The van der Waals surface area contributed by atoms with Crippen molar-refractivity contribution in [1.82, 2.24) is 14.9 Å². The summed E-state index contributed by atoms with van der Waals surface area (Å²) in [5.41, 5.74) is 0. The molecule has 116 valence electrons. The maximum atomic E-state index is 12.0. The molecular formula is C14H21N3O4. The van der Waals surface area contributed by atoms with Gasteiger partial charge >= 0.3 is 0 Å². The molecule has 0 bridgehead atoms. The largest absolute Gasteiger partial charge is 0.480 e. The van der Waals surface area contributed by atoms with Crippen LogP contribution in [0.3, 0.4) is 0 Å². The number of amides is 1. The first-order chi connectivity index (χ1) is 10.2. The molecule has 7 heteroatoms. The van der Waals surface area contributed by atoms with Crippen molar-refractivity contribution >= 4 is 5.91 Å². The third-order valence-corrected chi connectivity index (χ3v) is 3.25. The zero-order chi connectivity index (χ0) is 15.1. The molecule has 1 atom stereocenters. The van der Waals surface area contributed by atoms with Gasteiger partial charge in [-0.3, -0.25) is 9.78 Å². The highest BCUT2D eigenvalue weighted by Crippen LogP contribution is 2.18. The fourth-order valence-corrected chi connectivity index (χ4v) is 2.20. The van der Waals surface area contributed by atoms with Gasteiger partial charge in [0.05, 0.1) is 26.0 Å². The van der Waals surface area contributed by atoms with Crippen LogP contribution in [0, 0.1) is 0 Å². The molecule has 0 N–H and O–H groups in total. The van der Waals surface area contributed by atoms with Crippen molar-refractivity contribution in [3.63, 3.8) is 0 Å². The summed E-state index contributed by atoms with van der Waals surface area (Å²) in [6.07, 6.45) is 4.78. The Hall–Kier alpha value is -1.89. The Bertz CT molecular complexity index is 469. The molecule has 0 aliphatic carbocycles. The van der Waals surface area contributed by atoms with E-state index >= 15 is 0 Å². The molecule has 2 rings (SSSR count). The number of likely N-dealkylation sites (tertiary alicyclic amines) is 1. The Balaban J connectivity index is 1.90. The lowest BCUT2D eigenvalue weighted by Gasteiger charge is -2.32. The van der Waals surface area contributed by atoms with Crippen molar-refractivity contribution in [2.24, 2.45) is 0 Å². The minimum absolute atomic E-state index is 0.00174. The van der Waals surface area contributed by atoms with Crippen LogP contribution in [0.4, 0.5) is 0 Å². The van der Waals surface area contributed by atoms with Crippen molar-refractivity contribution in [1.29, 1.82) is 0 Å². The van der Waals surface area contributed by atoms with Gasteiger partial charge in [0.2, 0.25) is 17.7 Å². The molecule has 1 fully saturated rings. The molecule has 1 aliphatic heterocycles. The van der Waals surface area contributed by atoms with E-state index < -0.39 is 0 Å². The van der Waals surface area contributed by atoms with Gasteiger partial charge < -0.3 is 19.1 Å². The average Bonchev–Trinajstić information content (AvgIpc) is 2.53. The Morgan fingerprint density at radius 3 is 3.00 bits per heavy atom. The Labute approximate surface area is 124 Å². The van der Waals surface area contributed by atoms with Crippen molar-refractivity contribution in [2.45, 2.75) is 25.9 Å². The van der Waals surface area contributed by atoms with Crippen LogP contribution in [0.1, 0.15) is 19.8 Å². The van der Waals surface area contributed by atoms with Gasteiger partial charge in [-0.2, -0.15) is 4.98 Å². The molecule has 1 amide bonds. The molecule has 1 aromatic heterocycles. The maximum absolute atomic E-state index is 12.0. The zero-order valence-corrected chi connectivity index (χ0v) is 12.4. The van der Waals surface area contributed by atoms with Crippen LogP contribution in [-0.2, 0) is 9.53 Å². The maximum Gasteiger partial charge on any atom is 0.248 e. The number of carbonyl (C=O) groups excluding carboxylic acids is 1. The van der Waals surface area contributed by atoms with E-state index in [1.807, 2.05) is 6.92 Å². The van der Waals surface area contributed by atoms with Gasteiger partial charge in [0.1, 0.15) is 12.7 Å². The number of ether oxygens (including phenoxy) is 3. The quantitative estimate of drug-likeness (QED) is 0.776. The summed E-state index contributed by atoms with van der Waals surface area (Å²) in [4.78, 5) is 21.9. The standard InChI is InChI=1S/C14H21N3O4/c1-3-20-10-14(18)17-6-4-5-11(9-17)21-13-8-15-7-12(16-13)19-2/h7-8,11H,3-6,9-10H2,1-2H3. The number of piperidine rings is 1. The van der Waals surface area contributed by atoms with E-state index in [1.165, 1.54) is 13.3 Å². The monoisotopic (exact) mass is 295 g/mol. The molecule has 1 saturated heterocycles. The molecule has 0 spiro atoms. The van der Waals surface area contributed by atoms with Gasteiger partial charge in [-0.1, -0.05) is 0 Å². The first kappa shape index (κ1) is 15.5. The third-order valence-electron chi connectivity index (χ3n) is 3.25. The lowest BCUT2D eigenvalue weighted by Crippen LogP contribution is -2.45. The summed E-state index contributed by atoms with van der Waals surface area (Å²) in [5, 5.41) is 0. The number of aromatic nitrogens is 2. The van der Waals surface area contributed by atoms with E-state index in [9.17, 15) is 4.79 Å². The summed E-state index contributed by atoms with van der Waals surface area (Å²) >= 11 is 0. The molecule has 1 aliphatic rings. The highest BCUT2D eigenvalue weighted by atomic mass is 16.5. The number of rotatable bonds is 6. The summed E-state index contributed by atoms with van der Waals surface area (Å²) in [6, 6.07) is 0. The van der Waals surface area contributed by atoms with E-state index in [0.717, 1.165) is 19.4 Å². The van der Waals surface area contributed by atoms with Gasteiger partial charge in [0.15, 0.2) is 0 Å². The third kappa shape index (κ3) is 4.56. The molecule has 0 radical (unpaired) electrons. The van der Waals surface area contributed by atoms with Gasteiger partial charge in [-0.05, 0) is 19.8 Å². The van der Waals surface area contributed by atoms with Crippen molar-refractivity contribution in [2.75, 3.05) is 33.4 Å². The summed E-state index contributed by atoms with van der Waals surface area (Å²) in [5.74, 6) is 0.827. The SMILES string of the molecule is CCOCC(=O)N1CCCC(Oc2cncc(OC)n2)C1.